The summed E-state index contributed by atoms with van der Waals surface area (Å²) >= 11 is 7.01. The summed E-state index contributed by atoms with van der Waals surface area (Å²) in [6.45, 7) is 3.70. The molecule has 1 saturated heterocycles. The first-order chi connectivity index (χ1) is 14.9. The van der Waals surface area contributed by atoms with Gasteiger partial charge in [0.15, 0.2) is 5.65 Å². The number of aryl methyl sites for hydroxylation is 1. The highest BCUT2D eigenvalue weighted by atomic mass is 35.5. The second-order valence-corrected chi connectivity index (χ2v) is 11.3. The van der Waals surface area contributed by atoms with Crippen LogP contribution in [0.4, 0.5) is 5.82 Å². The molecule has 10 heteroatoms. The third-order valence-corrected chi connectivity index (χ3v) is 9.17. The van der Waals surface area contributed by atoms with Crippen LogP contribution in [-0.4, -0.2) is 48.3 Å². The van der Waals surface area contributed by atoms with Crippen molar-refractivity contribution in [2.45, 2.75) is 11.1 Å². The summed E-state index contributed by atoms with van der Waals surface area (Å²) in [5.74, 6) is 0.913. The minimum atomic E-state index is -3.55. The molecular formula is C21H18ClN5O2S2. The lowest BCUT2D eigenvalue weighted by Gasteiger charge is -2.35. The van der Waals surface area contributed by atoms with Gasteiger partial charge >= 0.3 is 0 Å². The highest BCUT2D eigenvalue weighted by Gasteiger charge is 2.31. The van der Waals surface area contributed by atoms with Gasteiger partial charge in [0.25, 0.3) is 10.0 Å². The van der Waals surface area contributed by atoms with Gasteiger partial charge in [-0.2, -0.15) is 9.57 Å². The lowest BCUT2D eigenvalue weighted by atomic mass is 10.1. The zero-order valence-electron chi connectivity index (χ0n) is 16.6. The molecular weight excluding hydrogens is 454 g/mol. The number of fused-ring (bicyclic) bond motifs is 3. The number of nitrogens with zero attached hydrogens (tertiary/aromatic N) is 5. The normalized spacial score (nSPS) is 15.6. The van der Waals surface area contributed by atoms with E-state index in [2.05, 4.69) is 11.0 Å². The van der Waals surface area contributed by atoms with Gasteiger partial charge in [-0.25, -0.2) is 13.4 Å². The third kappa shape index (κ3) is 3.27. The number of imidazole rings is 1. The Hall–Kier alpha value is -2.64. The Morgan fingerprint density at radius 3 is 2.55 bits per heavy atom. The zero-order chi connectivity index (χ0) is 21.8. The number of benzene rings is 1. The average Bonchev–Trinajstić information content (AvgIpc) is 3.37. The van der Waals surface area contributed by atoms with Crippen LogP contribution in [0.25, 0.3) is 16.7 Å². The van der Waals surface area contributed by atoms with Crippen molar-refractivity contribution in [3.8, 4) is 6.07 Å². The molecule has 7 nitrogen and oxygen atoms in total. The molecule has 4 heterocycles. The molecule has 158 valence electrons. The third-order valence-electron chi connectivity index (χ3n) is 5.57. The van der Waals surface area contributed by atoms with Crippen LogP contribution in [0, 0.1) is 18.3 Å². The molecule has 0 bridgehead atoms. The minimum absolute atomic E-state index is 0.267. The van der Waals surface area contributed by atoms with E-state index in [-0.39, 0.29) is 4.21 Å². The van der Waals surface area contributed by atoms with E-state index in [1.165, 1.54) is 4.31 Å². The minimum Gasteiger partial charge on any atom is -0.355 e. The Morgan fingerprint density at radius 1 is 1.13 bits per heavy atom. The summed E-state index contributed by atoms with van der Waals surface area (Å²) < 4.78 is 30.1. The van der Waals surface area contributed by atoms with Gasteiger partial charge in [-0.05, 0) is 42.8 Å². The molecule has 1 fully saturated rings. The monoisotopic (exact) mass is 471 g/mol. The maximum Gasteiger partial charge on any atom is 0.252 e. The first-order valence-electron chi connectivity index (χ1n) is 9.71. The molecule has 0 radical (unpaired) electrons. The number of piperazine rings is 1. The molecule has 0 amide bonds. The van der Waals surface area contributed by atoms with Crippen molar-refractivity contribution in [1.29, 1.82) is 5.26 Å². The summed E-state index contributed by atoms with van der Waals surface area (Å²) in [7, 11) is -3.55. The van der Waals surface area contributed by atoms with Crippen LogP contribution in [0.2, 0.25) is 4.34 Å². The lowest BCUT2D eigenvalue weighted by Crippen LogP contribution is -2.49. The number of aromatic nitrogens is 2. The largest absolute Gasteiger partial charge is 0.355 e. The van der Waals surface area contributed by atoms with E-state index in [0.29, 0.717) is 41.7 Å². The summed E-state index contributed by atoms with van der Waals surface area (Å²) in [5.41, 5.74) is 3.77. The molecule has 1 aliphatic rings. The van der Waals surface area contributed by atoms with Crippen LogP contribution >= 0.6 is 22.9 Å². The number of halogens is 1. The van der Waals surface area contributed by atoms with Gasteiger partial charge in [-0.3, -0.25) is 4.40 Å². The van der Waals surface area contributed by atoms with E-state index in [0.717, 1.165) is 33.8 Å². The number of anilines is 1. The van der Waals surface area contributed by atoms with Crippen molar-refractivity contribution in [3.63, 3.8) is 0 Å². The Morgan fingerprint density at radius 2 is 1.87 bits per heavy atom. The number of rotatable bonds is 3. The highest BCUT2D eigenvalue weighted by Crippen LogP contribution is 2.31. The Bertz CT molecular complexity index is 1460. The van der Waals surface area contributed by atoms with Crippen molar-refractivity contribution < 1.29 is 8.42 Å². The second kappa shape index (κ2) is 7.50. The number of thiophene rings is 1. The van der Waals surface area contributed by atoms with Crippen molar-refractivity contribution >= 4 is 55.5 Å². The molecule has 0 atom stereocenters. The SMILES string of the molecule is Cc1cc(N2CCN(S(=O)(=O)c3ccc(Cl)s3)CC2)n2c(nc3ccccc32)c1C#N. The molecule has 5 rings (SSSR count). The number of hydrogen-bond acceptors (Lipinski definition) is 6. The Balaban J connectivity index is 1.52. The number of pyridine rings is 1. The number of sulfonamides is 1. The molecule has 3 aromatic heterocycles. The molecule has 0 saturated carbocycles. The first-order valence-corrected chi connectivity index (χ1v) is 12.3. The predicted octanol–water partition coefficient (Wildman–Crippen LogP) is 3.89. The molecule has 0 spiro atoms. The standard InChI is InChI=1S/C21H18ClN5O2S2/c1-14-12-19(27-17-5-3-2-4-16(17)24-21(27)15(14)13-23)25-8-10-26(11-9-25)31(28,29)20-7-6-18(22)30-20/h2-7,12H,8-11H2,1H3. The zero-order valence-corrected chi connectivity index (χ0v) is 19.0. The number of para-hydroxylation sites is 2. The highest BCUT2D eigenvalue weighted by molar-refractivity contribution is 7.91. The van der Waals surface area contributed by atoms with Crippen molar-refractivity contribution in [2.75, 3.05) is 31.1 Å². The van der Waals surface area contributed by atoms with E-state index in [1.54, 1.807) is 12.1 Å². The van der Waals surface area contributed by atoms with Gasteiger partial charge < -0.3 is 4.90 Å². The Kier molecular flexibility index (Phi) is 4.90. The summed E-state index contributed by atoms with van der Waals surface area (Å²) in [4.78, 5) is 6.85. The molecule has 0 unspecified atom stereocenters. The fraction of sp³-hybridized carbons (Fsp3) is 0.238. The summed E-state index contributed by atoms with van der Waals surface area (Å²) in [5, 5.41) is 9.68. The van der Waals surface area contributed by atoms with Gasteiger partial charge in [0.1, 0.15) is 16.1 Å². The van der Waals surface area contributed by atoms with Crippen molar-refractivity contribution in [2.24, 2.45) is 0 Å². The van der Waals surface area contributed by atoms with Gasteiger partial charge in [-0.15, -0.1) is 11.3 Å². The fourth-order valence-corrected chi connectivity index (χ4v) is 7.08. The van der Waals surface area contributed by atoms with E-state index < -0.39 is 10.0 Å². The maximum absolute atomic E-state index is 12.9. The van der Waals surface area contributed by atoms with E-state index >= 15 is 0 Å². The van der Waals surface area contributed by atoms with Crippen LogP contribution in [0.15, 0.2) is 46.7 Å². The second-order valence-electron chi connectivity index (χ2n) is 7.38. The van der Waals surface area contributed by atoms with Gasteiger partial charge in [-0.1, -0.05) is 23.7 Å². The summed E-state index contributed by atoms with van der Waals surface area (Å²) in [6.07, 6.45) is 0. The van der Waals surface area contributed by atoms with Crippen molar-refractivity contribution in [3.05, 3.63) is 57.9 Å². The van der Waals surface area contributed by atoms with Crippen molar-refractivity contribution in [1.82, 2.24) is 13.7 Å². The van der Waals surface area contributed by atoms with Crippen LogP contribution in [0.1, 0.15) is 11.1 Å². The average molecular weight is 472 g/mol. The quantitative estimate of drug-likeness (QED) is 0.452. The summed E-state index contributed by atoms with van der Waals surface area (Å²) in [6, 6.07) is 15.2. The Labute approximate surface area is 188 Å². The fourth-order valence-electron chi connectivity index (χ4n) is 4.02. The maximum atomic E-state index is 12.9. The van der Waals surface area contributed by atoms with Gasteiger partial charge in [0.05, 0.1) is 20.9 Å². The number of hydrogen-bond donors (Lipinski definition) is 0. The topological polar surface area (TPSA) is 81.7 Å². The van der Waals surface area contributed by atoms with Crippen LogP contribution in [0.3, 0.4) is 0 Å². The van der Waals surface area contributed by atoms with Gasteiger partial charge in [0.2, 0.25) is 0 Å². The van der Waals surface area contributed by atoms with E-state index in [9.17, 15) is 13.7 Å². The molecule has 0 aliphatic carbocycles. The smallest absolute Gasteiger partial charge is 0.252 e. The molecule has 1 aromatic carbocycles. The van der Waals surface area contributed by atoms with Crippen LogP contribution in [0.5, 0.6) is 0 Å². The molecule has 4 aromatic rings. The van der Waals surface area contributed by atoms with E-state index in [1.807, 2.05) is 41.7 Å². The van der Waals surface area contributed by atoms with Gasteiger partial charge in [0, 0.05) is 26.2 Å². The number of nitriles is 1. The van der Waals surface area contributed by atoms with E-state index in [4.69, 9.17) is 16.6 Å². The molecule has 31 heavy (non-hydrogen) atoms. The van der Waals surface area contributed by atoms with Crippen LogP contribution in [-0.2, 0) is 10.0 Å². The lowest BCUT2D eigenvalue weighted by molar-refractivity contribution is 0.384. The predicted molar refractivity (Wildman–Crippen MR) is 122 cm³/mol. The molecule has 1 aliphatic heterocycles. The van der Waals surface area contributed by atoms with Crippen LogP contribution < -0.4 is 4.90 Å². The first kappa shape index (κ1) is 20.3. The molecule has 0 N–H and O–H groups in total.